The van der Waals surface area contributed by atoms with Crippen LogP contribution in [0.4, 0.5) is 0 Å². The van der Waals surface area contributed by atoms with Gasteiger partial charge in [0.15, 0.2) is 11.5 Å². The van der Waals surface area contributed by atoms with E-state index in [1.165, 1.54) is 5.56 Å². The zero-order chi connectivity index (χ0) is 15.9. The fourth-order valence-electron chi connectivity index (χ4n) is 2.69. The Morgan fingerprint density at radius 2 is 1.91 bits per heavy atom. The number of hydrogen-bond donors (Lipinski definition) is 1. The summed E-state index contributed by atoms with van der Waals surface area (Å²) in [5, 5.41) is 0. The van der Waals surface area contributed by atoms with E-state index in [0.717, 1.165) is 50.6 Å². The fraction of sp³-hybridized carbons (Fsp3) is 0.647. The second-order valence-corrected chi connectivity index (χ2v) is 6.16. The zero-order valence-corrected chi connectivity index (χ0v) is 14.0. The molecule has 5 heteroatoms. The summed E-state index contributed by atoms with van der Waals surface area (Å²) in [6.07, 6.45) is 0.845. The molecule has 124 valence electrons. The van der Waals surface area contributed by atoms with Gasteiger partial charge in [-0.2, -0.15) is 0 Å². The second-order valence-electron chi connectivity index (χ2n) is 6.16. The van der Waals surface area contributed by atoms with E-state index in [2.05, 4.69) is 22.9 Å². The maximum atomic E-state index is 5.91. The molecule has 0 saturated carbocycles. The minimum Gasteiger partial charge on any atom is -0.493 e. The molecule has 0 bridgehead atoms. The third-order valence-corrected chi connectivity index (χ3v) is 4.05. The van der Waals surface area contributed by atoms with Crippen molar-refractivity contribution in [3.63, 3.8) is 0 Å². The molecular weight excluding hydrogens is 278 g/mol. The van der Waals surface area contributed by atoms with Gasteiger partial charge < -0.3 is 20.1 Å². The van der Waals surface area contributed by atoms with E-state index in [9.17, 15) is 0 Å². The van der Waals surface area contributed by atoms with Gasteiger partial charge in [0.05, 0.1) is 7.11 Å². The Morgan fingerprint density at radius 1 is 1.18 bits per heavy atom. The van der Waals surface area contributed by atoms with Crippen molar-refractivity contribution in [2.45, 2.75) is 19.4 Å². The Morgan fingerprint density at radius 3 is 2.55 bits per heavy atom. The predicted molar refractivity (Wildman–Crippen MR) is 89.8 cm³/mol. The van der Waals surface area contributed by atoms with Crippen LogP contribution in [0.3, 0.4) is 0 Å². The highest BCUT2D eigenvalue weighted by Crippen LogP contribution is 2.28. The first kappa shape index (κ1) is 17.1. The Kier molecular flexibility index (Phi) is 6.49. The third kappa shape index (κ3) is 5.16. The van der Waals surface area contributed by atoms with Crippen molar-refractivity contribution in [2.75, 3.05) is 53.5 Å². The molecule has 2 N–H and O–H groups in total. The molecule has 0 spiro atoms. The van der Waals surface area contributed by atoms with Gasteiger partial charge in [-0.1, -0.05) is 6.07 Å². The minimum atomic E-state index is 0.147. The van der Waals surface area contributed by atoms with Crippen LogP contribution in [0.15, 0.2) is 18.2 Å². The number of hydrogen-bond acceptors (Lipinski definition) is 5. The summed E-state index contributed by atoms with van der Waals surface area (Å²) in [4.78, 5) is 4.80. The van der Waals surface area contributed by atoms with Crippen LogP contribution in [0.5, 0.6) is 11.5 Å². The predicted octanol–water partition coefficient (Wildman–Crippen LogP) is 1.21. The van der Waals surface area contributed by atoms with Gasteiger partial charge in [0.1, 0.15) is 6.61 Å². The lowest BCUT2D eigenvalue weighted by Crippen LogP contribution is -2.45. The third-order valence-electron chi connectivity index (χ3n) is 4.05. The number of nitrogens with two attached hydrogens (primary N) is 1. The molecule has 1 aromatic carbocycles. The summed E-state index contributed by atoms with van der Waals surface area (Å²) in [5.41, 5.74) is 7.02. The molecule has 1 aliphatic rings. The van der Waals surface area contributed by atoms with E-state index >= 15 is 0 Å². The Hall–Kier alpha value is -1.30. The van der Waals surface area contributed by atoms with Crippen molar-refractivity contribution >= 4 is 0 Å². The molecule has 0 amide bonds. The highest BCUT2D eigenvalue weighted by molar-refractivity contribution is 5.43. The largest absolute Gasteiger partial charge is 0.493 e. The van der Waals surface area contributed by atoms with Gasteiger partial charge in [-0.15, -0.1) is 0 Å². The van der Waals surface area contributed by atoms with E-state index in [4.69, 9.17) is 15.2 Å². The van der Waals surface area contributed by atoms with Gasteiger partial charge >= 0.3 is 0 Å². The molecule has 1 heterocycles. The highest BCUT2D eigenvalue weighted by atomic mass is 16.5. The number of rotatable bonds is 7. The molecule has 2 rings (SSSR count). The first-order valence-corrected chi connectivity index (χ1v) is 8.04. The van der Waals surface area contributed by atoms with Crippen LogP contribution in [0.1, 0.15) is 12.5 Å². The number of methoxy groups -OCH3 is 1. The van der Waals surface area contributed by atoms with Gasteiger partial charge in [0, 0.05) is 38.8 Å². The first-order valence-electron chi connectivity index (χ1n) is 8.04. The SMILES string of the molecule is COc1cc(CC(C)N)ccc1OCCN1CCN(C)CC1. The molecule has 0 aliphatic carbocycles. The number of benzene rings is 1. The highest BCUT2D eigenvalue weighted by Gasteiger charge is 2.14. The molecule has 1 aliphatic heterocycles. The summed E-state index contributed by atoms with van der Waals surface area (Å²) >= 11 is 0. The maximum Gasteiger partial charge on any atom is 0.161 e. The smallest absolute Gasteiger partial charge is 0.161 e. The fourth-order valence-corrected chi connectivity index (χ4v) is 2.69. The molecular formula is C17H29N3O2. The lowest BCUT2D eigenvalue weighted by Gasteiger charge is -2.32. The van der Waals surface area contributed by atoms with Gasteiger partial charge in [-0.05, 0) is 38.1 Å². The van der Waals surface area contributed by atoms with Crippen LogP contribution < -0.4 is 15.2 Å². The van der Waals surface area contributed by atoms with Gasteiger partial charge in [0.25, 0.3) is 0 Å². The number of ether oxygens (including phenoxy) is 2. The number of likely N-dealkylation sites (N-methyl/N-ethyl adjacent to an activating group) is 1. The zero-order valence-electron chi connectivity index (χ0n) is 14.0. The van der Waals surface area contributed by atoms with Crippen LogP contribution in [-0.2, 0) is 6.42 Å². The lowest BCUT2D eigenvalue weighted by molar-refractivity contribution is 0.133. The average molecular weight is 307 g/mol. The van der Waals surface area contributed by atoms with Gasteiger partial charge in [0.2, 0.25) is 0 Å². The quantitative estimate of drug-likeness (QED) is 0.820. The summed E-state index contributed by atoms with van der Waals surface area (Å²) in [6, 6.07) is 6.22. The molecule has 22 heavy (non-hydrogen) atoms. The maximum absolute atomic E-state index is 5.91. The number of piperazine rings is 1. The topological polar surface area (TPSA) is 51.0 Å². The van der Waals surface area contributed by atoms with Crippen molar-refractivity contribution in [2.24, 2.45) is 5.73 Å². The van der Waals surface area contributed by atoms with E-state index < -0.39 is 0 Å². The molecule has 1 fully saturated rings. The monoisotopic (exact) mass is 307 g/mol. The summed E-state index contributed by atoms with van der Waals surface area (Å²) < 4.78 is 11.3. The van der Waals surface area contributed by atoms with E-state index in [-0.39, 0.29) is 6.04 Å². The summed E-state index contributed by atoms with van der Waals surface area (Å²) in [6.45, 7) is 8.15. The molecule has 1 aromatic rings. The molecule has 0 radical (unpaired) electrons. The van der Waals surface area contributed by atoms with E-state index in [0.29, 0.717) is 6.61 Å². The minimum absolute atomic E-state index is 0.147. The van der Waals surface area contributed by atoms with Crippen LogP contribution in [0.2, 0.25) is 0 Å². The molecule has 1 saturated heterocycles. The lowest BCUT2D eigenvalue weighted by atomic mass is 10.1. The van der Waals surface area contributed by atoms with Crippen LogP contribution in [0.25, 0.3) is 0 Å². The molecule has 5 nitrogen and oxygen atoms in total. The van der Waals surface area contributed by atoms with E-state index in [1.807, 2.05) is 19.1 Å². The molecule has 1 unspecified atom stereocenters. The van der Waals surface area contributed by atoms with Crippen molar-refractivity contribution in [3.8, 4) is 11.5 Å². The second kappa shape index (κ2) is 8.36. The van der Waals surface area contributed by atoms with Crippen LogP contribution >= 0.6 is 0 Å². The van der Waals surface area contributed by atoms with E-state index in [1.54, 1.807) is 7.11 Å². The van der Waals surface area contributed by atoms with Crippen LogP contribution in [0, 0.1) is 0 Å². The van der Waals surface area contributed by atoms with Crippen molar-refractivity contribution < 1.29 is 9.47 Å². The standard InChI is InChI=1S/C17H29N3O2/c1-14(18)12-15-4-5-16(17(13-15)21-3)22-11-10-20-8-6-19(2)7-9-20/h4-5,13-14H,6-12,18H2,1-3H3. The average Bonchev–Trinajstić information content (AvgIpc) is 2.50. The first-order chi connectivity index (χ1) is 10.6. The molecule has 0 aromatic heterocycles. The Labute approximate surface area is 134 Å². The Balaban J connectivity index is 1.84. The van der Waals surface area contributed by atoms with Gasteiger partial charge in [-0.3, -0.25) is 4.90 Å². The Bertz CT molecular complexity index is 457. The normalized spacial score (nSPS) is 18.2. The van der Waals surface area contributed by atoms with Crippen LogP contribution in [-0.4, -0.2) is 69.3 Å². The summed E-state index contributed by atoms with van der Waals surface area (Å²) in [5.74, 6) is 1.60. The summed E-state index contributed by atoms with van der Waals surface area (Å²) in [7, 11) is 3.85. The molecule has 1 atom stereocenters. The van der Waals surface area contributed by atoms with Crippen molar-refractivity contribution in [1.29, 1.82) is 0 Å². The van der Waals surface area contributed by atoms with Crippen molar-refractivity contribution in [3.05, 3.63) is 23.8 Å². The number of nitrogens with zero attached hydrogens (tertiary/aromatic N) is 2. The van der Waals surface area contributed by atoms with Crippen molar-refractivity contribution in [1.82, 2.24) is 9.80 Å². The van der Waals surface area contributed by atoms with Gasteiger partial charge in [-0.25, -0.2) is 0 Å².